The molecule has 1 heterocycles. The fourth-order valence-electron chi connectivity index (χ4n) is 2.82. The molecule has 5 heteroatoms. The van der Waals surface area contributed by atoms with Crippen molar-refractivity contribution in [2.75, 3.05) is 45.2 Å². The molecule has 2 unspecified atom stereocenters. The highest BCUT2D eigenvalue weighted by Crippen LogP contribution is 2.24. The second-order valence-electron chi connectivity index (χ2n) is 6.43. The molecule has 0 saturated carbocycles. The molecule has 1 aliphatic rings. The summed E-state index contributed by atoms with van der Waals surface area (Å²) in [5, 5.41) is 3.39. The maximum Gasteiger partial charge on any atom is 0.146 e. The predicted molar refractivity (Wildman–Crippen MR) is 88.9 cm³/mol. The Morgan fingerprint density at radius 1 is 1.27 bits per heavy atom. The van der Waals surface area contributed by atoms with E-state index in [0.29, 0.717) is 5.69 Å². The van der Waals surface area contributed by atoms with Gasteiger partial charge >= 0.3 is 0 Å². The van der Waals surface area contributed by atoms with E-state index < -0.39 is 0 Å². The summed E-state index contributed by atoms with van der Waals surface area (Å²) in [6, 6.07) is 5.39. The summed E-state index contributed by atoms with van der Waals surface area (Å²) in [6.45, 7) is 8.21. The zero-order valence-electron chi connectivity index (χ0n) is 14.1. The Bertz CT molecular complexity index is 471. The Labute approximate surface area is 133 Å². The van der Waals surface area contributed by atoms with Crippen LogP contribution in [-0.2, 0) is 11.3 Å². The van der Waals surface area contributed by atoms with Crippen molar-refractivity contribution in [3.8, 4) is 0 Å². The standard InChI is InChI=1S/C17H28FN3O/c1-13-11-21(12-14(2)22-13)17-9-15(5-6-16(17)18)10-19-7-8-20(3)4/h5-6,9,13-14,19H,7-8,10-12H2,1-4H3. The Morgan fingerprint density at radius 2 is 1.95 bits per heavy atom. The van der Waals surface area contributed by atoms with Crippen molar-refractivity contribution in [2.45, 2.75) is 32.6 Å². The molecule has 0 spiro atoms. The van der Waals surface area contributed by atoms with Crippen LogP contribution in [0.15, 0.2) is 18.2 Å². The molecule has 22 heavy (non-hydrogen) atoms. The molecule has 1 saturated heterocycles. The van der Waals surface area contributed by atoms with Crippen molar-refractivity contribution >= 4 is 5.69 Å². The number of halogens is 1. The van der Waals surface area contributed by atoms with Gasteiger partial charge in [-0.15, -0.1) is 0 Å². The fourth-order valence-corrected chi connectivity index (χ4v) is 2.82. The molecule has 0 radical (unpaired) electrons. The highest BCUT2D eigenvalue weighted by atomic mass is 19.1. The first-order valence-corrected chi connectivity index (χ1v) is 8.00. The SMILES string of the molecule is CC1CN(c2cc(CNCCN(C)C)ccc2F)CC(C)O1. The fraction of sp³-hybridized carbons (Fsp3) is 0.647. The number of rotatable bonds is 6. The summed E-state index contributed by atoms with van der Waals surface area (Å²) in [4.78, 5) is 4.23. The van der Waals surface area contributed by atoms with Crippen LogP contribution in [-0.4, -0.2) is 57.4 Å². The van der Waals surface area contributed by atoms with Crippen LogP contribution >= 0.6 is 0 Å². The van der Waals surface area contributed by atoms with Gasteiger partial charge in [0, 0.05) is 32.7 Å². The highest BCUT2D eigenvalue weighted by molar-refractivity contribution is 5.50. The molecule has 2 rings (SSSR count). The Hall–Kier alpha value is -1.17. The van der Waals surface area contributed by atoms with Crippen molar-refractivity contribution in [1.82, 2.24) is 10.2 Å². The minimum absolute atomic E-state index is 0.130. The maximum atomic E-state index is 14.2. The Morgan fingerprint density at radius 3 is 2.59 bits per heavy atom. The van der Waals surface area contributed by atoms with Gasteiger partial charge in [0.05, 0.1) is 17.9 Å². The average molecular weight is 309 g/mol. The molecule has 124 valence electrons. The lowest BCUT2D eigenvalue weighted by Crippen LogP contribution is -2.45. The molecule has 4 nitrogen and oxygen atoms in total. The molecule has 1 aromatic rings. The van der Waals surface area contributed by atoms with Gasteiger partial charge < -0.3 is 19.9 Å². The normalized spacial score (nSPS) is 22.4. The first-order valence-electron chi connectivity index (χ1n) is 8.00. The molecule has 0 aliphatic carbocycles. The molecule has 1 fully saturated rings. The smallest absolute Gasteiger partial charge is 0.146 e. The average Bonchev–Trinajstić information content (AvgIpc) is 2.44. The van der Waals surface area contributed by atoms with E-state index in [-0.39, 0.29) is 18.0 Å². The third-order valence-corrected chi connectivity index (χ3v) is 3.84. The second-order valence-corrected chi connectivity index (χ2v) is 6.43. The number of anilines is 1. The number of benzene rings is 1. The molecule has 1 aromatic carbocycles. The largest absolute Gasteiger partial charge is 0.372 e. The third kappa shape index (κ3) is 4.93. The summed E-state index contributed by atoms with van der Waals surface area (Å²) in [5.41, 5.74) is 1.80. The van der Waals surface area contributed by atoms with E-state index in [2.05, 4.69) is 29.2 Å². The lowest BCUT2D eigenvalue weighted by molar-refractivity contribution is -0.00539. The predicted octanol–water partition coefficient (Wildman–Crippen LogP) is 2.09. The topological polar surface area (TPSA) is 27.7 Å². The van der Waals surface area contributed by atoms with Crippen molar-refractivity contribution in [1.29, 1.82) is 0 Å². The van der Waals surface area contributed by atoms with Crippen LogP contribution in [0.3, 0.4) is 0 Å². The van der Waals surface area contributed by atoms with Gasteiger partial charge in [-0.05, 0) is 45.6 Å². The van der Waals surface area contributed by atoms with E-state index in [9.17, 15) is 4.39 Å². The van der Waals surface area contributed by atoms with Crippen LogP contribution in [0.4, 0.5) is 10.1 Å². The van der Waals surface area contributed by atoms with Gasteiger partial charge in [0.2, 0.25) is 0 Å². The quantitative estimate of drug-likeness (QED) is 0.815. The zero-order valence-corrected chi connectivity index (χ0v) is 14.1. The van der Waals surface area contributed by atoms with E-state index >= 15 is 0 Å². The van der Waals surface area contributed by atoms with Crippen LogP contribution in [0.25, 0.3) is 0 Å². The van der Waals surface area contributed by atoms with Crippen LogP contribution in [0.1, 0.15) is 19.4 Å². The lowest BCUT2D eigenvalue weighted by Gasteiger charge is -2.37. The van der Waals surface area contributed by atoms with Gasteiger partial charge in [0.1, 0.15) is 5.82 Å². The molecule has 0 bridgehead atoms. The van der Waals surface area contributed by atoms with E-state index in [0.717, 1.165) is 38.3 Å². The Balaban J connectivity index is 2.00. The number of nitrogens with one attached hydrogen (secondary N) is 1. The van der Waals surface area contributed by atoms with Gasteiger partial charge in [0.25, 0.3) is 0 Å². The molecule has 2 atom stereocenters. The van der Waals surface area contributed by atoms with Crippen LogP contribution < -0.4 is 10.2 Å². The number of nitrogens with zero attached hydrogens (tertiary/aromatic N) is 2. The summed E-state index contributed by atoms with van der Waals surface area (Å²) in [6.07, 6.45) is 0.259. The van der Waals surface area contributed by atoms with Crippen LogP contribution in [0.2, 0.25) is 0 Å². The summed E-state index contributed by atoms with van der Waals surface area (Å²) in [5.74, 6) is -0.154. The van der Waals surface area contributed by atoms with Crippen LogP contribution in [0.5, 0.6) is 0 Å². The minimum Gasteiger partial charge on any atom is -0.372 e. The molecular formula is C17H28FN3O. The molecule has 1 aliphatic heterocycles. The van der Waals surface area contributed by atoms with Crippen LogP contribution in [0, 0.1) is 5.82 Å². The van der Waals surface area contributed by atoms with E-state index in [1.165, 1.54) is 0 Å². The van der Waals surface area contributed by atoms with Crippen molar-refractivity contribution < 1.29 is 9.13 Å². The van der Waals surface area contributed by atoms with Crippen molar-refractivity contribution in [3.05, 3.63) is 29.6 Å². The van der Waals surface area contributed by atoms with E-state index in [4.69, 9.17) is 4.74 Å². The number of likely N-dealkylation sites (N-methyl/N-ethyl adjacent to an activating group) is 1. The zero-order chi connectivity index (χ0) is 16.1. The van der Waals surface area contributed by atoms with Gasteiger partial charge in [-0.3, -0.25) is 0 Å². The first-order chi connectivity index (χ1) is 10.5. The number of morpholine rings is 1. The molecule has 0 amide bonds. The summed E-state index contributed by atoms with van der Waals surface area (Å²) < 4.78 is 19.9. The van der Waals surface area contributed by atoms with E-state index in [1.807, 2.05) is 26.0 Å². The Kier molecular flexibility index (Phi) is 6.17. The summed E-state index contributed by atoms with van der Waals surface area (Å²) in [7, 11) is 4.11. The van der Waals surface area contributed by atoms with Gasteiger partial charge in [-0.2, -0.15) is 0 Å². The highest BCUT2D eigenvalue weighted by Gasteiger charge is 2.24. The van der Waals surface area contributed by atoms with Crippen molar-refractivity contribution in [2.24, 2.45) is 0 Å². The number of hydrogen-bond acceptors (Lipinski definition) is 4. The molecule has 0 aromatic heterocycles. The second kappa shape index (κ2) is 7.90. The van der Waals surface area contributed by atoms with Crippen molar-refractivity contribution in [3.63, 3.8) is 0 Å². The number of hydrogen-bond donors (Lipinski definition) is 1. The maximum absolute atomic E-state index is 14.2. The van der Waals surface area contributed by atoms with E-state index in [1.54, 1.807) is 6.07 Å². The van der Waals surface area contributed by atoms with Gasteiger partial charge in [-0.25, -0.2) is 4.39 Å². The van der Waals surface area contributed by atoms with Gasteiger partial charge in [0.15, 0.2) is 0 Å². The summed E-state index contributed by atoms with van der Waals surface area (Å²) >= 11 is 0. The third-order valence-electron chi connectivity index (χ3n) is 3.84. The minimum atomic E-state index is -0.154. The first kappa shape index (κ1) is 17.2. The van der Waals surface area contributed by atoms with Gasteiger partial charge in [-0.1, -0.05) is 6.07 Å². The molecule has 1 N–H and O–H groups in total. The monoisotopic (exact) mass is 309 g/mol. The molecular weight excluding hydrogens is 281 g/mol. The number of ether oxygens (including phenoxy) is 1. The lowest BCUT2D eigenvalue weighted by atomic mass is 10.1.